The molecule has 3 rings (SSSR count). The van der Waals surface area contributed by atoms with Gasteiger partial charge in [0.2, 0.25) is 0 Å². The number of anilines is 1. The Morgan fingerprint density at radius 2 is 2.10 bits per heavy atom. The van der Waals surface area contributed by atoms with Gasteiger partial charge in [-0.2, -0.15) is 0 Å². The Balaban J connectivity index is 1.53. The van der Waals surface area contributed by atoms with E-state index in [4.69, 9.17) is 4.74 Å². The molecule has 0 atom stereocenters. The van der Waals surface area contributed by atoms with Crippen LogP contribution in [0.5, 0.6) is 5.75 Å². The second-order valence-electron chi connectivity index (χ2n) is 6.29. The maximum Gasteiger partial charge on any atom is 0.171 e. The number of ether oxygens (including phenoxy) is 1. The van der Waals surface area contributed by atoms with Crippen LogP contribution < -0.4 is 15.0 Å². The minimum absolute atomic E-state index is 0.764. The van der Waals surface area contributed by atoms with Gasteiger partial charge in [0.15, 0.2) is 11.6 Å². The molecule has 2 heterocycles. The summed E-state index contributed by atoms with van der Waals surface area (Å²) in [7, 11) is 0. The second-order valence-corrected chi connectivity index (χ2v) is 6.29. The smallest absolute Gasteiger partial charge is 0.171 e. The van der Waals surface area contributed by atoms with Gasteiger partial charge >= 0.3 is 0 Å². The Morgan fingerprint density at radius 3 is 2.81 bits per heavy atom. The van der Waals surface area contributed by atoms with Crippen LogP contribution in [0.4, 0.5) is 5.82 Å². The topological polar surface area (TPSA) is 37.4 Å². The highest BCUT2D eigenvalue weighted by atomic mass is 16.5. The van der Waals surface area contributed by atoms with E-state index in [1.165, 1.54) is 32.2 Å². The molecule has 4 heteroatoms. The van der Waals surface area contributed by atoms with Crippen molar-refractivity contribution in [2.24, 2.45) is 5.92 Å². The zero-order chi connectivity index (χ0) is 14.5. The highest BCUT2D eigenvalue weighted by Crippen LogP contribution is 2.29. The van der Waals surface area contributed by atoms with Crippen LogP contribution in [-0.4, -0.2) is 37.3 Å². The molecule has 1 saturated carbocycles. The summed E-state index contributed by atoms with van der Waals surface area (Å²) in [6.07, 6.45) is 8.17. The van der Waals surface area contributed by atoms with Crippen LogP contribution in [0.25, 0.3) is 0 Å². The molecule has 116 valence electrons. The lowest BCUT2D eigenvalue weighted by molar-refractivity contribution is 0.313. The van der Waals surface area contributed by atoms with Crippen LogP contribution in [0.3, 0.4) is 0 Å². The first-order valence-electron chi connectivity index (χ1n) is 8.43. The van der Waals surface area contributed by atoms with E-state index in [1.54, 1.807) is 0 Å². The van der Waals surface area contributed by atoms with Crippen molar-refractivity contribution in [2.45, 2.75) is 45.1 Å². The molecule has 4 nitrogen and oxygen atoms in total. The number of rotatable bonds is 7. The minimum atomic E-state index is 0.764. The molecule has 0 unspecified atom stereocenters. The maximum absolute atomic E-state index is 5.84. The number of nitrogens with one attached hydrogen (secondary N) is 1. The summed E-state index contributed by atoms with van der Waals surface area (Å²) in [4.78, 5) is 6.94. The first-order valence-corrected chi connectivity index (χ1v) is 8.43. The molecule has 1 N–H and O–H groups in total. The average Bonchev–Trinajstić information content (AvgIpc) is 3.36. The molecule has 1 aliphatic carbocycles. The third kappa shape index (κ3) is 4.10. The standard InChI is InChI=1S/C17H27N3O/c1-2-12-21-16-4-3-9-18-17(16)20-10-7-14(8-11-20)13-19-15-5-6-15/h3-4,9,14-15,19H,2,5-8,10-13H2,1H3. The predicted molar refractivity (Wildman–Crippen MR) is 86.0 cm³/mol. The lowest BCUT2D eigenvalue weighted by Gasteiger charge is -2.33. The number of piperidine rings is 1. The highest BCUT2D eigenvalue weighted by Gasteiger charge is 2.25. The van der Waals surface area contributed by atoms with E-state index in [9.17, 15) is 0 Å². The van der Waals surface area contributed by atoms with Gasteiger partial charge in [0.25, 0.3) is 0 Å². The van der Waals surface area contributed by atoms with Crippen LogP contribution >= 0.6 is 0 Å². The van der Waals surface area contributed by atoms with Crippen molar-refractivity contribution in [1.29, 1.82) is 0 Å². The van der Waals surface area contributed by atoms with E-state index in [0.717, 1.165) is 49.6 Å². The van der Waals surface area contributed by atoms with Crippen molar-refractivity contribution in [3.8, 4) is 5.75 Å². The third-order valence-corrected chi connectivity index (χ3v) is 4.40. The summed E-state index contributed by atoms with van der Waals surface area (Å²) in [6, 6.07) is 4.83. The molecular formula is C17H27N3O. The molecule has 1 aliphatic heterocycles. The third-order valence-electron chi connectivity index (χ3n) is 4.40. The maximum atomic E-state index is 5.84. The Labute approximate surface area is 127 Å². The van der Waals surface area contributed by atoms with Gasteiger partial charge in [0, 0.05) is 25.3 Å². The fourth-order valence-corrected chi connectivity index (χ4v) is 2.91. The van der Waals surface area contributed by atoms with E-state index in [-0.39, 0.29) is 0 Å². The molecule has 2 fully saturated rings. The zero-order valence-corrected chi connectivity index (χ0v) is 13.1. The SMILES string of the molecule is CCCOc1cccnc1N1CCC(CNC2CC2)CC1. The average molecular weight is 289 g/mol. The van der Waals surface area contributed by atoms with E-state index in [2.05, 4.69) is 22.1 Å². The number of hydrogen-bond donors (Lipinski definition) is 1. The predicted octanol–water partition coefficient (Wildman–Crippen LogP) is 2.84. The molecular weight excluding hydrogens is 262 g/mol. The van der Waals surface area contributed by atoms with Crippen molar-refractivity contribution >= 4 is 5.82 Å². The summed E-state index contributed by atoms with van der Waals surface area (Å²) in [5, 5.41) is 3.66. The highest BCUT2D eigenvalue weighted by molar-refractivity contribution is 5.52. The molecule has 0 amide bonds. The first-order chi connectivity index (χ1) is 10.4. The Bertz CT molecular complexity index is 439. The quantitative estimate of drug-likeness (QED) is 0.837. The lowest BCUT2D eigenvalue weighted by Crippen LogP contribution is -2.38. The molecule has 0 radical (unpaired) electrons. The molecule has 0 bridgehead atoms. The normalized spacial score (nSPS) is 19.8. The monoisotopic (exact) mass is 289 g/mol. The fraction of sp³-hybridized carbons (Fsp3) is 0.706. The summed E-state index contributed by atoms with van der Waals surface area (Å²) in [5.74, 6) is 2.79. The summed E-state index contributed by atoms with van der Waals surface area (Å²) in [5.41, 5.74) is 0. The van der Waals surface area contributed by atoms with Gasteiger partial charge < -0.3 is 15.0 Å². The molecule has 1 aromatic rings. The first kappa shape index (κ1) is 14.6. The van der Waals surface area contributed by atoms with Crippen molar-refractivity contribution in [3.63, 3.8) is 0 Å². The van der Waals surface area contributed by atoms with E-state index >= 15 is 0 Å². The van der Waals surface area contributed by atoms with Crippen molar-refractivity contribution < 1.29 is 4.74 Å². The summed E-state index contributed by atoms with van der Waals surface area (Å²) >= 11 is 0. The Kier molecular flexibility index (Phi) is 4.96. The summed E-state index contributed by atoms with van der Waals surface area (Å²) in [6.45, 7) is 6.28. The minimum Gasteiger partial charge on any atom is -0.490 e. The van der Waals surface area contributed by atoms with Gasteiger partial charge in [0.1, 0.15) is 0 Å². The van der Waals surface area contributed by atoms with E-state index in [0.29, 0.717) is 0 Å². The largest absolute Gasteiger partial charge is 0.490 e. The molecule has 0 spiro atoms. The van der Waals surface area contributed by atoms with Gasteiger partial charge in [0.05, 0.1) is 6.61 Å². The number of nitrogens with zero attached hydrogens (tertiary/aromatic N) is 2. The number of aromatic nitrogens is 1. The molecule has 1 saturated heterocycles. The Hall–Kier alpha value is -1.29. The molecule has 2 aliphatic rings. The van der Waals surface area contributed by atoms with Crippen molar-refractivity contribution in [3.05, 3.63) is 18.3 Å². The lowest BCUT2D eigenvalue weighted by atomic mass is 9.96. The van der Waals surface area contributed by atoms with Gasteiger partial charge in [-0.25, -0.2) is 4.98 Å². The zero-order valence-electron chi connectivity index (χ0n) is 13.1. The Morgan fingerprint density at radius 1 is 1.29 bits per heavy atom. The number of hydrogen-bond acceptors (Lipinski definition) is 4. The van der Waals surface area contributed by atoms with Crippen LogP contribution in [0, 0.1) is 5.92 Å². The van der Waals surface area contributed by atoms with Crippen LogP contribution in [0.15, 0.2) is 18.3 Å². The van der Waals surface area contributed by atoms with Gasteiger partial charge in [-0.1, -0.05) is 6.92 Å². The summed E-state index contributed by atoms with van der Waals surface area (Å²) < 4.78 is 5.84. The van der Waals surface area contributed by atoms with Gasteiger partial charge in [-0.3, -0.25) is 0 Å². The van der Waals surface area contributed by atoms with Gasteiger partial charge in [-0.05, 0) is 56.7 Å². The molecule has 21 heavy (non-hydrogen) atoms. The van der Waals surface area contributed by atoms with E-state index < -0.39 is 0 Å². The second kappa shape index (κ2) is 7.12. The van der Waals surface area contributed by atoms with Crippen molar-refractivity contribution in [2.75, 3.05) is 31.1 Å². The van der Waals surface area contributed by atoms with Crippen molar-refractivity contribution in [1.82, 2.24) is 10.3 Å². The molecule has 1 aromatic heterocycles. The van der Waals surface area contributed by atoms with E-state index in [1.807, 2.05) is 18.3 Å². The molecule has 0 aromatic carbocycles. The fourth-order valence-electron chi connectivity index (χ4n) is 2.91. The number of pyridine rings is 1. The van der Waals surface area contributed by atoms with Crippen LogP contribution in [0.1, 0.15) is 39.0 Å². The van der Waals surface area contributed by atoms with Crippen LogP contribution in [0.2, 0.25) is 0 Å². The van der Waals surface area contributed by atoms with Gasteiger partial charge in [-0.15, -0.1) is 0 Å². The van der Waals surface area contributed by atoms with Crippen LogP contribution in [-0.2, 0) is 0 Å².